The predicted molar refractivity (Wildman–Crippen MR) is 57.0 cm³/mol. The summed E-state index contributed by atoms with van der Waals surface area (Å²) in [7, 11) is -2.93. The van der Waals surface area contributed by atoms with Crippen molar-refractivity contribution in [3.05, 3.63) is 17.0 Å². The van der Waals surface area contributed by atoms with E-state index in [9.17, 15) is 8.42 Å². The van der Waals surface area contributed by atoms with E-state index in [0.717, 1.165) is 23.5 Å². The number of hydrogen-bond acceptors (Lipinski definition) is 4. The molecule has 1 aromatic rings. The number of rotatable bonds is 2. The summed E-state index contributed by atoms with van der Waals surface area (Å²) in [6.07, 6.45) is 0.568. The van der Waals surface area contributed by atoms with Crippen LogP contribution >= 0.6 is 0 Å². The Morgan fingerprint density at radius 3 is 2.87 bits per heavy atom. The quantitative estimate of drug-likeness (QED) is 0.764. The molecule has 0 saturated heterocycles. The number of nitrogens with zero attached hydrogens (tertiary/aromatic N) is 2. The molecular weight excluding hydrogens is 214 g/mol. The van der Waals surface area contributed by atoms with Crippen LogP contribution in [0.2, 0.25) is 0 Å². The van der Waals surface area contributed by atoms with Gasteiger partial charge in [0.15, 0.2) is 9.84 Å². The summed E-state index contributed by atoms with van der Waals surface area (Å²) in [6.45, 7) is 3.07. The summed E-state index contributed by atoms with van der Waals surface area (Å²) in [6, 6.07) is 0. The molecule has 0 atom stereocenters. The third-order valence-corrected chi connectivity index (χ3v) is 4.31. The second kappa shape index (κ2) is 3.61. The van der Waals surface area contributed by atoms with Crippen LogP contribution in [-0.4, -0.2) is 24.0 Å². The van der Waals surface area contributed by atoms with Crippen LogP contribution in [0, 0.1) is 0 Å². The molecular formula is C9H15N3O2S. The van der Waals surface area contributed by atoms with Crippen LogP contribution in [0.15, 0.2) is 0 Å². The van der Waals surface area contributed by atoms with E-state index in [1.54, 1.807) is 0 Å². The van der Waals surface area contributed by atoms with Gasteiger partial charge in [-0.2, -0.15) is 5.10 Å². The van der Waals surface area contributed by atoms with Gasteiger partial charge in [-0.1, -0.05) is 0 Å². The smallest absolute Gasteiger partial charge is 0.154 e. The molecule has 0 saturated carbocycles. The molecule has 2 heterocycles. The van der Waals surface area contributed by atoms with E-state index >= 15 is 0 Å². The lowest BCUT2D eigenvalue weighted by Gasteiger charge is -2.14. The lowest BCUT2D eigenvalue weighted by atomic mass is 10.1. The van der Waals surface area contributed by atoms with Crippen molar-refractivity contribution in [3.8, 4) is 0 Å². The third kappa shape index (κ3) is 1.79. The van der Waals surface area contributed by atoms with Gasteiger partial charge in [0.1, 0.15) is 0 Å². The zero-order chi connectivity index (χ0) is 11.1. The Kier molecular flexibility index (Phi) is 2.56. The highest BCUT2D eigenvalue weighted by Crippen LogP contribution is 2.23. The molecule has 0 unspecified atom stereocenters. The van der Waals surface area contributed by atoms with Crippen LogP contribution in [0.5, 0.6) is 0 Å². The molecule has 6 heteroatoms. The number of nitrogens with two attached hydrogens (primary N) is 1. The third-order valence-electron chi connectivity index (χ3n) is 2.76. The number of hydrogen-bond donors (Lipinski definition) is 1. The van der Waals surface area contributed by atoms with Crippen molar-refractivity contribution in [1.29, 1.82) is 0 Å². The van der Waals surface area contributed by atoms with Gasteiger partial charge in [-0.3, -0.25) is 4.68 Å². The number of aromatic nitrogens is 2. The van der Waals surface area contributed by atoms with E-state index < -0.39 is 9.84 Å². The van der Waals surface area contributed by atoms with Crippen molar-refractivity contribution >= 4 is 9.84 Å². The Morgan fingerprint density at radius 2 is 2.27 bits per heavy atom. The molecule has 1 aliphatic rings. The van der Waals surface area contributed by atoms with Gasteiger partial charge in [-0.25, -0.2) is 8.42 Å². The molecule has 2 N–H and O–H groups in total. The molecule has 5 nitrogen and oxygen atoms in total. The van der Waals surface area contributed by atoms with Gasteiger partial charge in [-0.15, -0.1) is 0 Å². The Morgan fingerprint density at radius 1 is 1.53 bits per heavy atom. The summed E-state index contributed by atoms with van der Waals surface area (Å²) in [4.78, 5) is 0. The Bertz CT molecular complexity index is 476. The molecule has 2 rings (SSSR count). The zero-order valence-corrected chi connectivity index (χ0v) is 9.55. The Labute approximate surface area is 89.2 Å². The van der Waals surface area contributed by atoms with Crippen molar-refractivity contribution in [3.63, 3.8) is 0 Å². The lowest BCUT2D eigenvalue weighted by molar-refractivity contribution is 0.582. The van der Waals surface area contributed by atoms with Gasteiger partial charge in [0.2, 0.25) is 0 Å². The average Bonchev–Trinajstić information content (AvgIpc) is 2.53. The van der Waals surface area contributed by atoms with Crippen molar-refractivity contribution in [1.82, 2.24) is 9.78 Å². The minimum Gasteiger partial charge on any atom is -0.325 e. The van der Waals surface area contributed by atoms with Gasteiger partial charge in [0.25, 0.3) is 0 Å². The van der Waals surface area contributed by atoms with Gasteiger partial charge >= 0.3 is 0 Å². The molecule has 84 valence electrons. The van der Waals surface area contributed by atoms with E-state index in [1.807, 2.05) is 11.6 Å². The molecule has 1 aliphatic heterocycles. The summed E-state index contributed by atoms with van der Waals surface area (Å²) >= 11 is 0. The van der Waals surface area contributed by atoms with Crippen LogP contribution in [0.25, 0.3) is 0 Å². The van der Waals surface area contributed by atoms with Crippen LogP contribution in [-0.2, 0) is 35.1 Å². The summed E-state index contributed by atoms with van der Waals surface area (Å²) in [5.41, 5.74) is 8.18. The van der Waals surface area contributed by atoms with Crippen molar-refractivity contribution in [2.24, 2.45) is 5.73 Å². The normalized spacial score (nSPS) is 18.8. The molecule has 0 aromatic carbocycles. The van der Waals surface area contributed by atoms with Crippen molar-refractivity contribution in [2.45, 2.75) is 32.2 Å². The maximum absolute atomic E-state index is 11.5. The predicted octanol–water partition coefficient (Wildman–Crippen LogP) is -0.167. The van der Waals surface area contributed by atoms with Crippen LogP contribution in [0.1, 0.15) is 23.9 Å². The first kappa shape index (κ1) is 10.6. The van der Waals surface area contributed by atoms with Gasteiger partial charge in [0.05, 0.1) is 17.2 Å². The Hall–Kier alpha value is -0.880. The van der Waals surface area contributed by atoms with E-state index in [-0.39, 0.29) is 11.5 Å². The maximum Gasteiger partial charge on any atom is 0.154 e. The molecule has 0 spiro atoms. The monoisotopic (exact) mass is 229 g/mol. The molecule has 0 amide bonds. The summed E-state index contributed by atoms with van der Waals surface area (Å²) < 4.78 is 24.9. The first-order chi connectivity index (χ1) is 7.07. The fraction of sp³-hybridized carbons (Fsp3) is 0.667. The SMILES string of the molecule is CCn1nc(CN)c2c1CCS(=O)(=O)C2. The molecule has 15 heavy (non-hydrogen) atoms. The van der Waals surface area contributed by atoms with E-state index in [0.29, 0.717) is 13.0 Å². The maximum atomic E-state index is 11.5. The van der Waals surface area contributed by atoms with Crippen LogP contribution in [0.4, 0.5) is 0 Å². The van der Waals surface area contributed by atoms with Gasteiger partial charge in [-0.05, 0) is 6.92 Å². The fourth-order valence-corrected chi connectivity index (χ4v) is 3.43. The Balaban J connectivity index is 2.53. The van der Waals surface area contributed by atoms with Crippen molar-refractivity contribution < 1.29 is 8.42 Å². The number of sulfone groups is 1. The van der Waals surface area contributed by atoms with E-state index in [4.69, 9.17) is 5.73 Å². The second-order valence-corrected chi connectivity index (χ2v) is 5.92. The van der Waals surface area contributed by atoms with E-state index in [2.05, 4.69) is 5.10 Å². The topological polar surface area (TPSA) is 78.0 Å². The summed E-state index contributed by atoms with van der Waals surface area (Å²) in [5, 5.41) is 4.32. The molecule has 0 bridgehead atoms. The van der Waals surface area contributed by atoms with Crippen LogP contribution < -0.4 is 5.73 Å². The fourth-order valence-electron chi connectivity index (χ4n) is 2.01. The molecule has 0 radical (unpaired) electrons. The van der Waals surface area contributed by atoms with E-state index in [1.165, 1.54) is 0 Å². The van der Waals surface area contributed by atoms with Crippen molar-refractivity contribution in [2.75, 3.05) is 5.75 Å². The lowest BCUT2D eigenvalue weighted by Crippen LogP contribution is -2.21. The second-order valence-electron chi connectivity index (χ2n) is 3.73. The molecule has 0 aliphatic carbocycles. The number of aryl methyl sites for hydroxylation is 1. The van der Waals surface area contributed by atoms with Gasteiger partial charge in [0, 0.05) is 30.8 Å². The standard InChI is InChI=1S/C9H15N3O2S/c1-2-12-9-3-4-15(13,14)6-7(9)8(5-10)11-12/h2-6,10H2,1H3. The zero-order valence-electron chi connectivity index (χ0n) is 8.73. The highest BCUT2D eigenvalue weighted by Gasteiger charge is 2.27. The summed E-state index contributed by atoms with van der Waals surface area (Å²) in [5.74, 6) is 0.338. The van der Waals surface area contributed by atoms with Crippen LogP contribution in [0.3, 0.4) is 0 Å². The van der Waals surface area contributed by atoms with Gasteiger partial charge < -0.3 is 5.73 Å². The number of fused-ring (bicyclic) bond motifs is 1. The molecule has 1 aromatic heterocycles. The largest absolute Gasteiger partial charge is 0.325 e. The minimum absolute atomic E-state index is 0.106. The molecule has 0 fully saturated rings. The average molecular weight is 229 g/mol. The first-order valence-corrected chi connectivity index (χ1v) is 6.87. The highest BCUT2D eigenvalue weighted by molar-refractivity contribution is 7.90. The minimum atomic E-state index is -2.93. The first-order valence-electron chi connectivity index (χ1n) is 5.05. The highest BCUT2D eigenvalue weighted by atomic mass is 32.2.